The van der Waals surface area contributed by atoms with Gasteiger partial charge in [0.2, 0.25) is 0 Å². The molecule has 0 unspecified atom stereocenters. The van der Waals surface area contributed by atoms with Gasteiger partial charge < -0.3 is 4.90 Å². The second-order valence-corrected chi connectivity index (χ2v) is 17.6. The molecule has 2 heterocycles. The predicted octanol–water partition coefficient (Wildman–Crippen LogP) is 16.3. The fourth-order valence-corrected chi connectivity index (χ4v) is 9.96. The molecule has 1 aromatic heterocycles. The average Bonchev–Trinajstić information content (AvgIpc) is 3.38. The minimum atomic E-state index is -0.135. The van der Waals surface area contributed by atoms with E-state index in [-0.39, 0.29) is 5.41 Å². The van der Waals surface area contributed by atoms with Gasteiger partial charge in [0, 0.05) is 27.8 Å². The Kier molecular flexibility index (Phi) is 10.3. The van der Waals surface area contributed by atoms with Gasteiger partial charge in [-0.1, -0.05) is 208 Å². The molecule has 9 aromatic carbocycles. The minimum Gasteiger partial charge on any atom is -0.310 e. The molecule has 66 heavy (non-hydrogen) atoms. The first-order chi connectivity index (χ1) is 32.3. The molecule has 0 atom stereocenters. The SMILES string of the molecule is Cc1c(C)c(-c2ccccc2)c(-c2ccc(N3c4ccccc4C(C)(C)c4ccccc43)cc2)c(-c2ccc(-c3nc(-c4ccccc4)nc(-c4ccccc4)n3)cc2)c1-c1ccccc1. The zero-order chi connectivity index (χ0) is 44.8. The van der Waals surface area contributed by atoms with Gasteiger partial charge in [0.25, 0.3) is 0 Å². The van der Waals surface area contributed by atoms with E-state index >= 15 is 0 Å². The van der Waals surface area contributed by atoms with Crippen molar-refractivity contribution >= 4 is 17.1 Å². The zero-order valence-corrected chi connectivity index (χ0v) is 37.6. The third kappa shape index (κ3) is 7.08. The Bertz CT molecular complexity index is 3260. The molecule has 11 rings (SSSR count). The quantitative estimate of drug-likeness (QED) is 0.153. The lowest BCUT2D eigenvalue weighted by atomic mass is 9.73. The summed E-state index contributed by atoms with van der Waals surface area (Å²) < 4.78 is 0. The van der Waals surface area contributed by atoms with E-state index in [0.29, 0.717) is 17.5 Å². The summed E-state index contributed by atoms with van der Waals surface area (Å²) in [5.74, 6) is 1.91. The summed E-state index contributed by atoms with van der Waals surface area (Å²) in [5.41, 5.74) is 20.8. The summed E-state index contributed by atoms with van der Waals surface area (Å²) in [4.78, 5) is 17.5. The molecular formula is C62H48N4. The first-order valence-electron chi connectivity index (χ1n) is 22.7. The molecule has 4 nitrogen and oxygen atoms in total. The molecule has 1 aliphatic heterocycles. The maximum Gasteiger partial charge on any atom is 0.164 e. The van der Waals surface area contributed by atoms with Gasteiger partial charge in [-0.15, -0.1) is 0 Å². The van der Waals surface area contributed by atoms with Crippen LogP contribution in [-0.4, -0.2) is 15.0 Å². The van der Waals surface area contributed by atoms with E-state index in [1.807, 2.05) is 60.7 Å². The van der Waals surface area contributed by atoms with E-state index in [9.17, 15) is 0 Å². The third-order valence-electron chi connectivity index (χ3n) is 13.4. The summed E-state index contributed by atoms with van der Waals surface area (Å²) in [6.07, 6.45) is 0. The van der Waals surface area contributed by atoms with Crippen molar-refractivity contribution in [2.75, 3.05) is 4.90 Å². The number of rotatable bonds is 8. The van der Waals surface area contributed by atoms with Crippen molar-refractivity contribution in [3.63, 3.8) is 0 Å². The number of benzene rings is 9. The molecule has 0 saturated heterocycles. The maximum absolute atomic E-state index is 5.07. The molecule has 0 fully saturated rings. The number of hydrogen-bond acceptors (Lipinski definition) is 4. The number of para-hydroxylation sites is 2. The molecule has 0 N–H and O–H groups in total. The number of hydrogen-bond donors (Lipinski definition) is 0. The smallest absolute Gasteiger partial charge is 0.164 e. The van der Waals surface area contributed by atoms with Crippen molar-refractivity contribution in [2.45, 2.75) is 33.1 Å². The topological polar surface area (TPSA) is 41.9 Å². The van der Waals surface area contributed by atoms with E-state index < -0.39 is 0 Å². The van der Waals surface area contributed by atoms with Gasteiger partial charge in [0.05, 0.1) is 11.4 Å². The maximum atomic E-state index is 5.07. The Morgan fingerprint density at radius 1 is 0.303 bits per heavy atom. The summed E-state index contributed by atoms with van der Waals surface area (Å²) in [6.45, 7) is 9.24. The Balaban J connectivity index is 1.11. The van der Waals surface area contributed by atoms with Crippen LogP contribution in [0.5, 0.6) is 0 Å². The van der Waals surface area contributed by atoms with Crippen LogP contribution in [0.15, 0.2) is 218 Å². The van der Waals surface area contributed by atoms with Gasteiger partial charge in [-0.25, -0.2) is 15.0 Å². The summed E-state index contributed by atoms with van der Waals surface area (Å²) in [6, 6.07) is 77.8. The van der Waals surface area contributed by atoms with Crippen LogP contribution in [0.4, 0.5) is 17.1 Å². The first kappa shape index (κ1) is 40.6. The average molecular weight is 849 g/mol. The van der Waals surface area contributed by atoms with Crippen molar-refractivity contribution < 1.29 is 0 Å². The minimum absolute atomic E-state index is 0.135. The number of anilines is 3. The Morgan fingerprint density at radius 2 is 0.591 bits per heavy atom. The van der Waals surface area contributed by atoms with E-state index in [1.54, 1.807) is 0 Å². The normalized spacial score (nSPS) is 12.6. The first-order valence-corrected chi connectivity index (χ1v) is 22.7. The van der Waals surface area contributed by atoms with Gasteiger partial charge in [-0.2, -0.15) is 0 Å². The summed E-state index contributed by atoms with van der Waals surface area (Å²) in [7, 11) is 0. The third-order valence-corrected chi connectivity index (χ3v) is 13.4. The second kappa shape index (κ2) is 16.7. The molecule has 1 aliphatic rings. The van der Waals surface area contributed by atoms with Crippen LogP contribution in [0.3, 0.4) is 0 Å². The molecule has 4 heteroatoms. The van der Waals surface area contributed by atoms with E-state index in [4.69, 9.17) is 15.0 Å². The van der Waals surface area contributed by atoms with E-state index in [1.165, 1.54) is 67.0 Å². The van der Waals surface area contributed by atoms with Crippen molar-refractivity contribution in [1.29, 1.82) is 0 Å². The number of aromatic nitrogens is 3. The van der Waals surface area contributed by atoms with Crippen LogP contribution < -0.4 is 4.90 Å². The number of fused-ring (bicyclic) bond motifs is 2. The van der Waals surface area contributed by atoms with Gasteiger partial charge in [-0.05, 0) is 105 Å². The van der Waals surface area contributed by atoms with Gasteiger partial charge >= 0.3 is 0 Å². The molecule has 316 valence electrons. The molecule has 0 bridgehead atoms. The lowest BCUT2D eigenvalue weighted by Gasteiger charge is -2.42. The van der Waals surface area contributed by atoms with E-state index in [0.717, 1.165) is 33.5 Å². The fraction of sp³-hybridized carbons (Fsp3) is 0.0806. The highest BCUT2D eigenvalue weighted by Crippen LogP contribution is 2.53. The van der Waals surface area contributed by atoms with Gasteiger partial charge in [0.15, 0.2) is 17.5 Å². The molecule has 10 aromatic rings. The van der Waals surface area contributed by atoms with Gasteiger partial charge in [0.1, 0.15) is 0 Å². The Labute approximate surface area is 387 Å². The molecule has 0 radical (unpaired) electrons. The van der Waals surface area contributed by atoms with Crippen LogP contribution in [-0.2, 0) is 5.41 Å². The number of nitrogens with zero attached hydrogens (tertiary/aromatic N) is 4. The predicted molar refractivity (Wildman–Crippen MR) is 274 cm³/mol. The lowest BCUT2D eigenvalue weighted by molar-refractivity contribution is 0.632. The standard InChI is InChI=1S/C62H48N4/c1-41-42(2)56(44-23-11-6-12-24-44)58(46-37-39-50(40-38-46)66-53-31-19-17-29-51(53)62(3,4)52-30-18-20-32-54(52)66)57(55(41)43-21-9-5-10-22-43)45-33-35-49(36-34-45)61-64-59(47-25-13-7-14-26-47)63-60(65-61)48-27-15-8-16-28-48/h5-40H,1-4H3. The van der Waals surface area contributed by atoms with Crippen LogP contribution in [0.1, 0.15) is 36.1 Å². The van der Waals surface area contributed by atoms with Crippen molar-refractivity contribution in [1.82, 2.24) is 15.0 Å². The molecule has 0 amide bonds. The van der Waals surface area contributed by atoms with E-state index in [2.05, 4.69) is 190 Å². The lowest BCUT2D eigenvalue weighted by Crippen LogP contribution is -2.30. The van der Waals surface area contributed by atoms with Crippen molar-refractivity contribution in [2.24, 2.45) is 0 Å². The highest BCUT2D eigenvalue weighted by molar-refractivity contribution is 6.04. The summed E-state index contributed by atoms with van der Waals surface area (Å²) in [5, 5.41) is 0. The molecular weight excluding hydrogens is 801 g/mol. The van der Waals surface area contributed by atoms with Crippen LogP contribution >= 0.6 is 0 Å². The van der Waals surface area contributed by atoms with Crippen LogP contribution in [0.25, 0.3) is 78.7 Å². The fourth-order valence-electron chi connectivity index (χ4n) is 9.96. The second-order valence-electron chi connectivity index (χ2n) is 17.6. The Hall–Kier alpha value is -8.21. The largest absolute Gasteiger partial charge is 0.310 e. The highest BCUT2D eigenvalue weighted by Gasteiger charge is 2.36. The monoisotopic (exact) mass is 848 g/mol. The zero-order valence-electron chi connectivity index (χ0n) is 37.6. The Morgan fingerprint density at radius 3 is 0.985 bits per heavy atom. The van der Waals surface area contributed by atoms with Crippen molar-refractivity contribution in [3.8, 4) is 78.7 Å². The molecule has 0 spiro atoms. The van der Waals surface area contributed by atoms with Crippen LogP contribution in [0, 0.1) is 13.8 Å². The molecule has 0 saturated carbocycles. The summed E-state index contributed by atoms with van der Waals surface area (Å²) >= 11 is 0. The highest BCUT2D eigenvalue weighted by atomic mass is 15.2. The molecule has 0 aliphatic carbocycles. The van der Waals surface area contributed by atoms with Crippen LogP contribution in [0.2, 0.25) is 0 Å². The van der Waals surface area contributed by atoms with Gasteiger partial charge in [-0.3, -0.25) is 0 Å². The van der Waals surface area contributed by atoms with Crippen molar-refractivity contribution in [3.05, 3.63) is 241 Å².